The van der Waals surface area contributed by atoms with Crippen LogP contribution in [0.25, 0.3) is 0 Å². The van der Waals surface area contributed by atoms with Crippen LogP contribution in [0.3, 0.4) is 0 Å². The smallest absolute Gasteiger partial charge is 0.253 e. The fourth-order valence-electron chi connectivity index (χ4n) is 3.87. The van der Waals surface area contributed by atoms with Crippen molar-refractivity contribution >= 4 is 15.9 Å². The van der Waals surface area contributed by atoms with Crippen molar-refractivity contribution in [1.29, 1.82) is 0 Å². The third-order valence-electron chi connectivity index (χ3n) is 5.74. The highest BCUT2D eigenvalue weighted by Gasteiger charge is 2.32. The predicted molar refractivity (Wildman–Crippen MR) is 106 cm³/mol. The Balaban J connectivity index is 1.82. The number of benzene rings is 1. The molecule has 0 radical (unpaired) electrons. The lowest BCUT2D eigenvalue weighted by Crippen LogP contribution is -2.49. The molecule has 2 fully saturated rings. The van der Waals surface area contributed by atoms with Crippen molar-refractivity contribution in [2.75, 3.05) is 53.4 Å². The van der Waals surface area contributed by atoms with E-state index in [1.54, 1.807) is 6.92 Å². The summed E-state index contributed by atoms with van der Waals surface area (Å²) in [6.45, 7) is 9.09. The third-order valence-corrected chi connectivity index (χ3v) is 7.69. The van der Waals surface area contributed by atoms with Gasteiger partial charge in [0.25, 0.3) is 5.91 Å². The molecule has 150 valence electrons. The molecule has 2 aliphatic rings. The Morgan fingerprint density at radius 3 is 2.44 bits per heavy atom. The summed E-state index contributed by atoms with van der Waals surface area (Å²) in [4.78, 5) is 17.6. The van der Waals surface area contributed by atoms with E-state index in [4.69, 9.17) is 0 Å². The summed E-state index contributed by atoms with van der Waals surface area (Å²) >= 11 is 0. The summed E-state index contributed by atoms with van der Waals surface area (Å²) in [5, 5.41) is 3.36. The van der Waals surface area contributed by atoms with Crippen molar-refractivity contribution in [1.82, 2.24) is 19.4 Å². The van der Waals surface area contributed by atoms with Gasteiger partial charge in [0.15, 0.2) is 0 Å². The maximum absolute atomic E-state index is 13.1. The van der Waals surface area contributed by atoms with E-state index in [0.717, 1.165) is 44.7 Å². The van der Waals surface area contributed by atoms with Gasteiger partial charge in [-0.2, -0.15) is 0 Å². The average molecular weight is 395 g/mol. The molecule has 1 atom stereocenters. The largest absolute Gasteiger partial charge is 0.337 e. The van der Waals surface area contributed by atoms with Crippen LogP contribution in [0.1, 0.15) is 27.9 Å². The minimum Gasteiger partial charge on any atom is -0.337 e. The molecule has 0 bridgehead atoms. The Kier molecular flexibility index (Phi) is 5.90. The van der Waals surface area contributed by atoms with Gasteiger partial charge in [0.2, 0.25) is 10.0 Å². The molecule has 1 aromatic rings. The van der Waals surface area contributed by atoms with E-state index in [2.05, 4.69) is 10.2 Å². The third kappa shape index (κ3) is 4.03. The Hall–Kier alpha value is -1.48. The summed E-state index contributed by atoms with van der Waals surface area (Å²) in [6, 6.07) is 3.75. The molecule has 7 nitrogen and oxygen atoms in total. The average Bonchev–Trinajstić information content (AvgIpc) is 3.13. The summed E-state index contributed by atoms with van der Waals surface area (Å²) in [7, 11) is -0.568. The number of rotatable bonds is 4. The van der Waals surface area contributed by atoms with Gasteiger partial charge in [-0.3, -0.25) is 9.69 Å². The Morgan fingerprint density at radius 1 is 1.15 bits per heavy atom. The highest BCUT2D eigenvalue weighted by atomic mass is 32.2. The number of nitrogens with zero attached hydrogens (tertiary/aromatic N) is 3. The van der Waals surface area contributed by atoms with Gasteiger partial charge in [-0.15, -0.1) is 0 Å². The van der Waals surface area contributed by atoms with Gasteiger partial charge in [0.1, 0.15) is 0 Å². The lowest BCUT2D eigenvalue weighted by atomic mass is 10.1. The number of hydrogen-bond donors (Lipinski definition) is 1. The van der Waals surface area contributed by atoms with Crippen LogP contribution in [0.5, 0.6) is 0 Å². The van der Waals surface area contributed by atoms with Gasteiger partial charge >= 0.3 is 0 Å². The highest BCUT2D eigenvalue weighted by Crippen LogP contribution is 2.25. The first-order valence-corrected chi connectivity index (χ1v) is 10.9. The van der Waals surface area contributed by atoms with Crippen LogP contribution in [-0.2, 0) is 10.0 Å². The number of amides is 1. The molecule has 2 heterocycles. The Morgan fingerprint density at radius 2 is 1.81 bits per heavy atom. The normalized spacial score (nSPS) is 21.8. The second kappa shape index (κ2) is 7.87. The standard InChI is InChI=1S/C19H30N4O3S/c1-14-11-16(12-18(15(14)2)27(25,26)21(3)4)19(24)23-8-5-17(13-23)22-9-6-20-7-10-22/h11-12,17,20H,5-10,13H2,1-4H3. The molecule has 27 heavy (non-hydrogen) atoms. The Bertz CT molecular complexity index is 816. The molecule has 1 aromatic carbocycles. The molecule has 1 N–H and O–H groups in total. The number of nitrogens with one attached hydrogen (secondary N) is 1. The molecule has 0 aliphatic carbocycles. The van der Waals surface area contributed by atoms with Crippen LogP contribution in [0, 0.1) is 13.8 Å². The molecule has 2 saturated heterocycles. The predicted octanol–water partition coefficient (Wildman–Crippen LogP) is 0.673. The van der Waals surface area contributed by atoms with Crippen molar-refractivity contribution < 1.29 is 13.2 Å². The minimum atomic E-state index is -3.59. The maximum Gasteiger partial charge on any atom is 0.253 e. The van der Waals surface area contributed by atoms with Gasteiger partial charge in [0.05, 0.1) is 4.90 Å². The molecule has 0 saturated carbocycles. The van der Waals surface area contributed by atoms with E-state index in [-0.39, 0.29) is 10.8 Å². The van der Waals surface area contributed by atoms with Gasteiger partial charge in [-0.05, 0) is 43.5 Å². The number of carbonyl (C=O) groups excluding carboxylic acids is 1. The highest BCUT2D eigenvalue weighted by molar-refractivity contribution is 7.89. The summed E-state index contributed by atoms with van der Waals surface area (Å²) in [6.07, 6.45) is 0.972. The fraction of sp³-hybridized carbons (Fsp3) is 0.632. The van der Waals surface area contributed by atoms with Crippen molar-refractivity contribution in [3.05, 3.63) is 28.8 Å². The molecule has 1 unspecified atom stereocenters. The lowest BCUT2D eigenvalue weighted by molar-refractivity contribution is 0.0773. The second-order valence-corrected chi connectivity index (χ2v) is 9.80. The molecule has 0 spiro atoms. The molecular weight excluding hydrogens is 364 g/mol. The van der Waals surface area contributed by atoms with Gasteiger partial charge in [-0.1, -0.05) is 0 Å². The number of carbonyl (C=O) groups is 1. The second-order valence-electron chi connectivity index (χ2n) is 7.68. The minimum absolute atomic E-state index is 0.0778. The van der Waals surface area contributed by atoms with E-state index in [1.165, 1.54) is 24.5 Å². The van der Waals surface area contributed by atoms with Gasteiger partial charge < -0.3 is 10.2 Å². The molecule has 3 rings (SSSR count). The topological polar surface area (TPSA) is 73.0 Å². The van der Waals surface area contributed by atoms with Crippen LogP contribution in [-0.4, -0.2) is 87.8 Å². The first-order valence-electron chi connectivity index (χ1n) is 9.49. The Labute approximate surface area is 162 Å². The number of sulfonamides is 1. The van der Waals surface area contributed by atoms with E-state index >= 15 is 0 Å². The number of likely N-dealkylation sites (tertiary alicyclic amines) is 1. The van der Waals surface area contributed by atoms with E-state index < -0.39 is 10.0 Å². The van der Waals surface area contributed by atoms with Crippen LogP contribution in [0.2, 0.25) is 0 Å². The maximum atomic E-state index is 13.1. The van der Waals surface area contributed by atoms with Crippen molar-refractivity contribution in [2.24, 2.45) is 0 Å². The lowest BCUT2D eigenvalue weighted by Gasteiger charge is -2.32. The van der Waals surface area contributed by atoms with Gasteiger partial charge in [0, 0.05) is 65.0 Å². The zero-order chi connectivity index (χ0) is 19.8. The molecule has 1 amide bonds. The molecule has 8 heteroatoms. The fourth-order valence-corrected chi connectivity index (χ4v) is 5.09. The summed E-state index contributed by atoms with van der Waals surface area (Å²) in [5.41, 5.74) is 1.97. The molecule has 2 aliphatic heterocycles. The first kappa shape index (κ1) is 20.3. The van der Waals surface area contributed by atoms with Crippen molar-refractivity contribution in [3.63, 3.8) is 0 Å². The van der Waals surface area contributed by atoms with Gasteiger partial charge in [-0.25, -0.2) is 12.7 Å². The summed E-state index contributed by atoms with van der Waals surface area (Å²) < 4.78 is 26.5. The first-order chi connectivity index (χ1) is 12.7. The monoisotopic (exact) mass is 394 g/mol. The zero-order valence-electron chi connectivity index (χ0n) is 16.7. The van der Waals surface area contributed by atoms with Crippen LogP contribution >= 0.6 is 0 Å². The number of aryl methyl sites for hydroxylation is 1. The van der Waals surface area contributed by atoms with Crippen molar-refractivity contribution in [3.8, 4) is 0 Å². The number of piperazine rings is 1. The van der Waals surface area contributed by atoms with E-state index in [1.807, 2.05) is 17.9 Å². The van der Waals surface area contributed by atoms with E-state index in [0.29, 0.717) is 23.7 Å². The van der Waals surface area contributed by atoms with Crippen LogP contribution < -0.4 is 5.32 Å². The zero-order valence-corrected chi connectivity index (χ0v) is 17.5. The quantitative estimate of drug-likeness (QED) is 0.813. The molecule has 0 aromatic heterocycles. The van der Waals surface area contributed by atoms with E-state index in [9.17, 15) is 13.2 Å². The molecular formula is C19H30N4O3S. The number of hydrogen-bond acceptors (Lipinski definition) is 5. The van der Waals surface area contributed by atoms with Crippen LogP contribution in [0.4, 0.5) is 0 Å². The SMILES string of the molecule is Cc1cc(C(=O)N2CCC(N3CCNCC3)C2)cc(S(=O)(=O)N(C)C)c1C. The van der Waals surface area contributed by atoms with Crippen molar-refractivity contribution in [2.45, 2.75) is 31.2 Å². The van der Waals surface area contributed by atoms with Crippen LogP contribution in [0.15, 0.2) is 17.0 Å². The summed E-state index contributed by atoms with van der Waals surface area (Å²) in [5.74, 6) is -0.0778.